The number of carbonyl (C=O) groups excluding carboxylic acids is 1. The molecule has 7 nitrogen and oxygen atoms in total. The molecule has 0 amide bonds. The number of rotatable bonds is 9. The molecule has 0 aromatic rings. The molecule has 120 valence electrons. The Hall–Kier alpha value is -0.730. The van der Waals surface area contributed by atoms with Crippen molar-refractivity contribution in [2.75, 3.05) is 21.3 Å². The molecule has 7 heteroatoms. The Labute approximate surface area is 120 Å². The standard InChI is InChI=1S/C13H26O7/c1-12(2,3)19-20-18-11(14)8-10(15-5)9-13(4,16-6)17-7/h10H,8-9H2,1-7H3. The summed E-state index contributed by atoms with van der Waals surface area (Å²) in [6, 6.07) is 0. The maximum atomic E-state index is 11.6. The van der Waals surface area contributed by atoms with Gasteiger partial charge in [-0.3, -0.25) is 4.89 Å². The first-order valence-electron chi connectivity index (χ1n) is 6.34. The summed E-state index contributed by atoms with van der Waals surface area (Å²) in [6.07, 6.45) is -0.0662. The molecule has 0 saturated heterocycles. The predicted octanol–water partition coefficient (Wildman–Crippen LogP) is 2.00. The Morgan fingerprint density at radius 1 is 1.05 bits per heavy atom. The molecule has 0 aromatic carbocycles. The second kappa shape index (κ2) is 8.53. The summed E-state index contributed by atoms with van der Waals surface area (Å²) in [5, 5.41) is 4.42. The summed E-state index contributed by atoms with van der Waals surface area (Å²) in [4.78, 5) is 20.9. The second-order valence-corrected chi connectivity index (χ2v) is 5.53. The minimum absolute atomic E-state index is 0.00763. The first kappa shape index (κ1) is 19.3. The van der Waals surface area contributed by atoms with E-state index in [-0.39, 0.29) is 6.42 Å². The highest BCUT2D eigenvalue weighted by Gasteiger charge is 2.29. The average molecular weight is 294 g/mol. The van der Waals surface area contributed by atoms with E-state index in [0.717, 1.165) is 0 Å². The fourth-order valence-corrected chi connectivity index (χ4v) is 1.28. The average Bonchev–Trinajstić information content (AvgIpc) is 2.36. The highest BCUT2D eigenvalue weighted by atomic mass is 17.5. The highest BCUT2D eigenvalue weighted by molar-refractivity contribution is 5.69. The second-order valence-electron chi connectivity index (χ2n) is 5.53. The van der Waals surface area contributed by atoms with Crippen molar-refractivity contribution in [3.8, 4) is 0 Å². The van der Waals surface area contributed by atoms with E-state index in [1.165, 1.54) is 21.3 Å². The fraction of sp³-hybridized carbons (Fsp3) is 0.923. The lowest BCUT2D eigenvalue weighted by molar-refractivity contribution is -0.514. The van der Waals surface area contributed by atoms with E-state index < -0.39 is 23.5 Å². The molecule has 20 heavy (non-hydrogen) atoms. The van der Waals surface area contributed by atoms with Gasteiger partial charge in [0, 0.05) is 27.8 Å². The van der Waals surface area contributed by atoms with Crippen LogP contribution in [0.2, 0.25) is 0 Å². The molecule has 0 saturated carbocycles. The Morgan fingerprint density at radius 2 is 1.60 bits per heavy atom. The van der Waals surface area contributed by atoms with Crippen molar-refractivity contribution in [3.63, 3.8) is 0 Å². The summed E-state index contributed by atoms with van der Waals surface area (Å²) in [7, 11) is 4.54. The first-order chi connectivity index (χ1) is 9.15. The minimum atomic E-state index is -0.830. The lowest BCUT2D eigenvalue weighted by Crippen LogP contribution is -2.36. The SMILES string of the molecule is COC(CC(=O)OOOC(C)(C)C)CC(C)(OC)OC. The molecule has 0 aliphatic rings. The van der Waals surface area contributed by atoms with Crippen molar-refractivity contribution in [2.45, 2.75) is 58.0 Å². The van der Waals surface area contributed by atoms with Gasteiger partial charge in [-0.25, -0.2) is 4.79 Å². The molecule has 0 fully saturated rings. The zero-order valence-electron chi connectivity index (χ0n) is 13.3. The van der Waals surface area contributed by atoms with Gasteiger partial charge in [-0.1, -0.05) is 0 Å². The molecule has 0 heterocycles. The van der Waals surface area contributed by atoms with Crippen molar-refractivity contribution in [1.29, 1.82) is 0 Å². The lowest BCUT2D eigenvalue weighted by atomic mass is 10.1. The maximum absolute atomic E-state index is 11.6. The van der Waals surface area contributed by atoms with Gasteiger partial charge in [0.1, 0.15) is 0 Å². The summed E-state index contributed by atoms with van der Waals surface area (Å²) < 4.78 is 15.6. The summed E-state index contributed by atoms with van der Waals surface area (Å²) in [5.41, 5.74) is -0.564. The Balaban J connectivity index is 4.19. The Morgan fingerprint density at radius 3 is 2.00 bits per heavy atom. The summed E-state index contributed by atoms with van der Waals surface area (Å²) in [5.74, 6) is -1.43. The monoisotopic (exact) mass is 294 g/mol. The van der Waals surface area contributed by atoms with Crippen LogP contribution >= 0.6 is 0 Å². The van der Waals surface area contributed by atoms with Gasteiger partial charge >= 0.3 is 5.97 Å². The zero-order valence-corrected chi connectivity index (χ0v) is 13.3. The van der Waals surface area contributed by atoms with Crippen LogP contribution in [0.5, 0.6) is 0 Å². The van der Waals surface area contributed by atoms with Gasteiger partial charge in [-0.05, 0) is 32.7 Å². The third kappa shape index (κ3) is 8.44. The molecular weight excluding hydrogens is 268 g/mol. The number of carbonyl (C=O) groups is 1. The van der Waals surface area contributed by atoms with Crippen molar-refractivity contribution in [1.82, 2.24) is 0 Å². The van der Waals surface area contributed by atoms with Crippen molar-refractivity contribution >= 4 is 5.97 Å². The number of ether oxygens (including phenoxy) is 3. The van der Waals surface area contributed by atoms with Crippen LogP contribution in [-0.4, -0.2) is 44.8 Å². The van der Waals surface area contributed by atoms with Crippen LogP contribution in [0.15, 0.2) is 0 Å². The molecule has 1 unspecified atom stereocenters. The summed E-state index contributed by atoms with van der Waals surface area (Å²) in [6.45, 7) is 7.05. The summed E-state index contributed by atoms with van der Waals surface area (Å²) >= 11 is 0. The third-order valence-corrected chi connectivity index (χ3v) is 2.60. The van der Waals surface area contributed by atoms with Gasteiger partial charge in [0.25, 0.3) is 0 Å². The van der Waals surface area contributed by atoms with Crippen molar-refractivity contribution in [2.24, 2.45) is 0 Å². The van der Waals surface area contributed by atoms with Gasteiger partial charge in [0.15, 0.2) is 5.79 Å². The van der Waals surface area contributed by atoms with Crippen molar-refractivity contribution in [3.05, 3.63) is 0 Å². The molecule has 0 aliphatic carbocycles. The molecule has 1 atom stereocenters. The topological polar surface area (TPSA) is 72.5 Å². The van der Waals surface area contributed by atoms with Gasteiger partial charge in [-0.2, -0.15) is 4.89 Å². The molecule has 0 aliphatic heterocycles. The van der Waals surface area contributed by atoms with E-state index in [9.17, 15) is 4.79 Å². The van der Waals surface area contributed by atoms with Gasteiger partial charge in [-0.15, -0.1) is 0 Å². The molecule has 0 spiro atoms. The van der Waals surface area contributed by atoms with Gasteiger partial charge < -0.3 is 14.2 Å². The zero-order chi connectivity index (χ0) is 15.8. The van der Waals surface area contributed by atoms with E-state index in [0.29, 0.717) is 6.42 Å². The van der Waals surface area contributed by atoms with Crippen LogP contribution in [0, 0.1) is 0 Å². The first-order valence-corrected chi connectivity index (χ1v) is 6.34. The molecule has 0 rings (SSSR count). The van der Waals surface area contributed by atoms with E-state index in [1.54, 1.807) is 27.7 Å². The maximum Gasteiger partial charge on any atom is 0.348 e. The molecule has 0 bridgehead atoms. The molecule has 0 aromatic heterocycles. The number of hydrogen-bond acceptors (Lipinski definition) is 7. The smallest absolute Gasteiger partial charge is 0.348 e. The fourth-order valence-electron chi connectivity index (χ4n) is 1.28. The predicted molar refractivity (Wildman–Crippen MR) is 70.5 cm³/mol. The highest BCUT2D eigenvalue weighted by Crippen LogP contribution is 2.21. The normalized spacial score (nSPS) is 14.2. The lowest BCUT2D eigenvalue weighted by Gasteiger charge is -2.29. The Bertz CT molecular complexity index is 281. The van der Waals surface area contributed by atoms with Crippen LogP contribution in [0.1, 0.15) is 40.5 Å². The largest absolute Gasteiger partial charge is 0.381 e. The van der Waals surface area contributed by atoms with Crippen LogP contribution in [0.4, 0.5) is 0 Å². The Kier molecular flexibility index (Phi) is 8.22. The minimum Gasteiger partial charge on any atom is -0.381 e. The van der Waals surface area contributed by atoms with E-state index in [2.05, 4.69) is 9.93 Å². The van der Waals surface area contributed by atoms with E-state index >= 15 is 0 Å². The molecular formula is C13H26O7. The van der Waals surface area contributed by atoms with Gasteiger partial charge in [0.05, 0.1) is 18.1 Å². The van der Waals surface area contributed by atoms with Crippen LogP contribution in [0.3, 0.4) is 0 Å². The van der Waals surface area contributed by atoms with E-state index in [1.807, 2.05) is 0 Å². The molecule has 0 N–H and O–H groups in total. The van der Waals surface area contributed by atoms with E-state index in [4.69, 9.17) is 19.1 Å². The quantitative estimate of drug-likeness (QED) is 0.366. The van der Waals surface area contributed by atoms with Crippen LogP contribution < -0.4 is 0 Å². The van der Waals surface area contributed by atoms with Gasteiger partial charge in [0.2, 0.25) is 0 Å². The third-order valence-electron chi connectivity index (χ3n) is 2.60. The van der Waals surface area contributed by atoms with Crippen LogP contribution in [-0.2, 0) is 33.8 Å². The van der Waals surface area contributed by atoms with Crippen molar-refractivity contribution < 1.29 is 33.8 Å². The number of methoxy groups -OCH3 is 3. The number of hydrogen-bond donors (Lipinski definition) is 0. The molecule has 0 radical (unpaired) electrons. The van der Waals surface area contributed by atoms with Crippen LogP contribution in [0.25, 0.3) is 0 Å².